The van der Waals surface area contributed by atoms with Crippen LogP contribution in [-0.2, 0) is 14.3 Å². The van der Waals surface area contributed by atoms with Crippen molar-refractivity contribution in [3.63, 3.8) is 0 Å². The summed E-state index contributed by atoms with van der Waals surface area (Å²) in [6.45, 7) is 5.30. The number of rotatable bonds is 7. The van der Waals surface area contributed by atoms with E-state index in [9.17, 15) is 4.79 Å². The second-order valence-electron chi connectivity index (χ2n) is 4.83. The monoisotopic (exact) mass is 258 g/mol. The Balaban J connectivity index is 2.27. The smallest absolute Gasteiger partial charge is 0.224 e. The van der Waals surface area contributed by atoms with E-state index in [1.807, 2.05) is 4.90 Å². The van der Waals surface area contributed by atoms with Gasteiger partial charge >= 0.3 is 0 Å². The lowest BCUT2D eigenvalue weighted by Crippen LogP contribution is -2.51. The number of nitrogens with zero attached hydrogens (tertiary/aromatic N) is 1. The van der Waals surface area contributed by atoms with Crippen LogP contribution in [0, 0.1) is 0 Å². The molecule has 0 aliphatic carbocycles. The Kier molecular flexibility index (Phi) is 6.60. The van der Waals surface area contributed by atoms with Crippen molar-refractivity contribution in [1.82, 2.24) is 4.90 Å². The Hall–Kier alpha value is -0.650. The normalized spacial score (nSPS) is 18.9. The van der Waals surface area contributed by atoms with Gasteiger partial charge in [0.1, 0.15) is 0 Å². The summed E-state index contributed by atoms with van der Waals surface area (Å²) in [5.41, 5.74) is 5.51. The van der Waals surface area contributed by atoms with Crippen molar-refractivity contribution in [3.05, 3.63) is 0 Å². The van der Waals surface area contributed by atoms with Crippen molar-refractivity contribution in [3.8, 4) is 0 Å². The zero-order valence-electron chi connectivity index (χ0n) is 11.6. The van der Waals surface area contributed by atoms with Gasteiger partial charge in [-0.1, -0.05) is 6.92 Å². The topological polar surface area (TPSA) is 64.8 Å². The fourth-order valence-corrected chi connectivity index (χ4v) is 2.22. The van der Waals surface area contributed by atoms with Gasteiger partial charge in [-0.3, -0.25) is 4.79 Å². The summed E-state index contributed by atoms with van der Waals surface area (Å²) < 4.78 is 10.8. The number of methoxy groups -OCH3 is 1. The molecule has 0 atom stereocenters. The summed E-state index contributed by atoms with van der Waals surface area (Å²) in [7, 11) is 1.70. The first-order valence-corrected chi connectivity index (χ1v) is 6.78. The Morgan fingerprint density at radius 2 is 2.00 bits per heavy atom. The first-order chi connectivity index (χ1) is 8.67. The summed E-state index contributed by atoms with van der Waals surface area (Å²) in [5.74, 6) is 0.174. The average molecular weight is 258 g/mol. The van der Waals surface area contributed by atoms with Crippen LogP contribution in [0.15, 0.2) is 0 Å². The molecule has 0 saturated carbocycles. The molecule has 1 fully saturated rings. The molecular formula is C13H26N2O3. The zero-order chi connectivity index (χ0) is 13.4. The second-order valence-corrected chi connectivity index (χ2v) is 4.83. The van der Waals surface area contributed by atoms with E-state index in [4.69, 9.17) is 15.2 Å². The van der Waals surface area contributed by atoms with Crippen molar-refractivity contribution in [2.24, 2.45) is 5.73 Å². The molecule has 0 bridgehead atoms. The molecule has 2 N–H and O–H groups in total. The van der Waals surface area contributed by atoms with Crippen LogP contribution in [0.2, 0.25) is 0 Å². The predicted octanol–water partition coefficient (Wildman–Crippen LogP) is 0.769. The van der Waals surface area contributed by atoms with Crippen LogP contribution in [-0.4, -0.2) is 56.4 Å². The number of carbonyl (C=O) groups is 1. The van der Waals surface area contributed by atoms with Gasteiger partial charge in [-0.05, 0) is 19.3 Å². The minimum absolute atomic E-state index is 0.174. The summed E-state index contributed by atoms with van der Waals surface area (Å²) >= 11 is 0. The summed E-state index contributed by atoms with van der Waals surface area (Å²) in [6, 6.07) is 0. The van der Waals surface area contributed by atoms with Gasteiger partial charge in [-0.15, -0.1) is 0 Å². The van der Waals surface area contributed by atoms with Crippen molar-refractivity contribution >= 4 is 5.91 Å². The molecule has 0 radical (unpaired) electrons. The van der Waals surface area contributed by atoms with Crippen molar-refractivity contribution < 1.29 is 14.3 Å². The molecular weight excluding hydrogens is 232 g/mol. The van der Waals surface area contributed by atoms with Gasteiger partial charge in [-0.2, -0.15) is 0 Å². The highest BCUT2D eigenvalue weighted by atomic mass is 16.5. The molecule has 0 aromatic heterocycles. The van der Waals surface area contributed by atoms with Crippen molar-refractivity contribution in [2.75, 3.05) is 40.0 Å². The number of piperidine rings is 1. The maximum absolute atomic E-state index is 11.9. The van der Waals surface area contributed by atoms with Gasteiger partial charge in [0.2, 0.25) is 5.91 Å². The fourth-order valence-electron chi connectivity index (χ4n) is 2.22. The van der Waals surface area contributed by atoms with Gasteiger partial charge in [0.05, 0.1) is 18.6 Å². The minimum atomic E-state index is -0.227. The van der Waals surface area contributed by atoms with E-state index in [0.717, 1.165) is 39.0 Å². The first-order valence-electron chi connectivity index (χ1n) is 6.78. The highest BCUT2D eigenvalue weighted by Gasteiger charge is 2.34. The van der Waals surface area contributed by atoms with Gasteiger partial charge in [0, 0.05) is 33.4 Å². The van der Waals surface area contributed by atoms with Gasteiger partial charge in [-0.25, -0.2) is 0 Å². The molecule has 1 aliphatic rings. The lowest BCUT2D eigenvalue weighted by Gasteiger charge is -2.40. The van der Waals surface area contributed by atoms with E-state index >= 15 is 0 Å². The standard InChI is InChI=1S/C13H26N2O3/c1-3-9-18-10-4-12(16)15-7-5-13(11-14,17-2)6-8-15/h3-11,14H2,1-2H3. The molecule has 106 valence electrons. The lowest BCUT2D eigenvalue weighted by molar-refractivity contribution is -0.137. The van der Waals surface area contributed by atoms with Crippen LogP contribution in [0.5, 0.6) is 0 Å². The molecule has 0 unspecified atom stereocenters. The number of nitrogens with two attached hydrogens (primary N) is 1. The highest BCUT2D eigenvalue weighted by Crippen LogP contribution is 2.24. The summed E-state index contributed by atoms with van der Waals surface area (Å²) in [4.78, 5) is 13.8. The van der Waals surface area contributed by atoms with E-state index < -0.39 is 0 Å². The quantitative estimate of drug-likeness (QED) is 0.685. The number of likely N-dealkylation sites (tertiary alicyclic amines) is 1. The first kappa shape index (κ1) is 15.4. The summed E-state index contributed by atoms with van der Waals surface area (Å²) in [5, 5.41) is 0. The second kappa shape index (κ2) is 7.71. The SMILES string of the molecule is CCCOCCC(=O)N1CCC(CN)(OC)CC1. The van der Waals surface area contributed by atoms with E-state index in [1.54, 1.807) is 7.11 Å². The number of hydrogen-bond donors (Lipinski definition) is 1. The van der Waals surface area contributed by atoms with Crippen LogP contribution in [0.1, 0.15) is 32.6 Å². The molecule has 0 aromatic carbocycles. The lowest BCUT2D eigenvalue weighted by atomic mass is 9.91. The van der Waals surface area contributed by atoms with Crippen LogP contribution in [0.25, 0.3) is 0 Å². The molecule has 18 heavy (non-hydrogen) atoms. The third kappa shape index (κ3) is 4.23. The Morgan fingerprint density at radius 1 is 1.33 bits per heavy atom. The molecule has 0 aromatic rings. The molecule has 1 rings (SSSR count). The molecule has 1 aliphatic heterocycles. The van der Waals surface area contributed by atoms with Crippen molar-refractivity contribution in [2.45, 2.75) is 38.2 Å². The Labute approximate surface area is 110 Å². The third-order valence-electron chi connectivity index (χ3n) is 3.64. The largest absolute Gasteiger partial charge is 0.381 e. The zero-order valence-corrected chi connectivity index (χ0v) is 11.6. The molecule has 0 spiro atoms. The molecule has 1 amide bonds. The predicted molar refractivity (Wildman–Crippen MR) is 70.3 cm³/mol. The Morgan fingerprint density at radius 3 is 2.50 bits per heavy atom. The van der Waals surface area contributed by atoms with Crippen LogP contribution < -0.4 is 5.73 Å². The molecule has 1 saturated heterocycles. The van der Waals surface area contributed by atoms with E-state index in [2.05, 4.69) is 6.92 Å². The van der Waals surface area contributed by atoms with E-state index in [-0.39, 0.29) is 11.5 Å². The molecule has 5 heteroatoms. The fraction of sp³-hybridized carbons (Fsp3) is 0.923. The number of ether oxygens (including phenoxy) is 2. The maximum Gasteiger partial charge on any atom is 0.224 e. The average Bonchev–Trinajstić information content (AvgIpc) is 2.43. The number of hydrogen-bond acceptors (Lipinski definition) is 4. The number of carbonyl (C=O) groups excluding carboxylic acids is 1. The third-order valence-corrected chi connectivity index (χ3v) is 3.64. The van der Waals surface area contributed by atoms with Gasteiger partial charge in [0.15, 0.2) is 0 Å². The van der Waals surface area contributed by atoms with Crippen molar-refractivity contribution in [1.29, 1.82) is 0 Å². The molecule has 1 heterocycles. The van der Waals surface area contributed by atoms with Gasteiger partial charge < -0.3 is 20.1 Å². The maximum atomic E-state index is 11.9. The van der Waals surface area contributed by atoms with Crippen LogP contribution in [0.3, 0.4) is 0 Å². The number of amides is 1. The van der Waals surface area contributed by atoms with E-state index in [0.29, 0.717) is 19.6 Å². The van der Waals surface area contributed by atoms with E-state index in [1.165, 1.54) is 0 Å². The summed E-state index contributed by atoms with van der Waals surface area (Å²) in [6.07, 6.45) is 3.11. The minimum Gasteiger partial charge on any atom is -0.381 e. The highest BCUT2D eigenvalue weighted by molar-refractivity contribution is 5.76. The van der Waals surface area contributed by atoms with Crippen LogP contribution >= 0.6 is 0 Å². The Bertz CT molecular complexity index is 245. The van der Waals surface area contributed by atoms with Gasteiger partial charge in [0.25, 0.3) is 0 Å². The van der Waals surface area contributed by atoms with Crippen LogP contribution in [0.4, 0.5) is 0 Å². The molecule has 5 nitrogen and oxygen atoms in total.